The molecule has 1 saturated heterocycles. The fourth-order valence-electron chi connectivity index (χ4n) is 4.31. The molecule has 1 aromatic carbocycles. The molecule has 1 fully saturated rings. The fourth-order valence-corrected chi connectivity index (χ4v) is 4.31. The summed E-state index contributed by atoms with van der Waals surface area (Å²) in [6.07, 6.45) is -1.68. The number of rotatable bonds is 7. The summed E-state index contributed by atoms with van der Waals surface area (Å²) in [7, 11) is 0. The predicted molar refractivity (Wildman–Crippen MR) is 149 cm³/mol. The first kappa shape index (κ1) is 34.8. The van der Waals surface area contributed by atoms with E-state index in [-0.39, 0.29) is 0 Å². The highest BCUT2D eigenvalue weighted by Gasteiger charge is 2.38. The number of alkyl halides is 6. The van der Waals surface area contributed by atoms with E-state index in [1.165, 1.54) is 17.5 Å². The van der Waals surface area contributed by atoms with Gasteiger partial charge in [0.05, 0.1) is 18.1 Å². The summed E-state index contributed by atoms with van der Waals surface area (Å²) in [5.74, 6) is -4.19. The van der Waals surface area contributed by atoms with Gasteiger partial charge in [-0.25, -0.2) is 19.1 Å². The van der Waals surface area contributed by atoms with Crippen molar-refractivity contribution in [1.29, 1.82) is 0 Å². The summed E-state index contributed by atoms with van der Waals surface area (Å²) in [5, 5.41) is 27.0. The second kappa shape index (κ2) is 15.4. The molecule has 0 radical (unpaired) electrons. The predicted octanol–water partition coefficient (Wildman–Crippen LogP) is 5.20. The summed E-state index contributed by atoms with van der Waals surface area (Å²) in [6, 6.07) is 14.5. The second-order valence-electron chi connectivity index (χ2n) is 9.91. The molecule has 3 aromatic heterocycles. The van der Waals surface area contributed by atoms with Crippen LogP contribution in [-0.4, -0.2) is 76.9 Å². The lowest BCUT2D eigenvalue weighted by atomic mass is 9.97. The minimum absolute atomic E-state index is 0.371. The van der Waals surface area contributed by atoms with Gasteiger partial charge < -0.3 is 15.5 Å². The molecular formula is C28H31F6N7O4. The Morgan fingerprint density at radius 2 is 1.60 bits per heavy atom. The standard InChI is InChI=1S/C24H29N7.2C2HF3O2/c1-2-30-16-20(14-26-30)15-29-12-6-9-21(17-29)24-27-23-11-10-22(18-31(23)28-24)25-13-19-7-4-3-5-8-19;2*3-2(4,5)1(6)7/h3-5,7-8,10-11,14,16,18,21,25H,2,6,9,12-13,15,17H2,1H3;2*(H,6,7). The molecule has 11 nitrogen and oxygen atoms in total. The first-order valence-electron chi connectivity index (χ1n) is 13.6. The maximum Gasteiger partial charge on any atom is 0.490 e. The van der Waals surface area contributed by atoms with Crippen LogP contribution in [-0.2, 0) is 29.2 Å². The first-order valence-corrected chi connectivity index (χ1v) is 13.6. The van der Waals surface area contributed by atoms with E-state index in [0.29, 0.717) is 5.92 Å². The van der Waals surface area contributed by atoms with Crippen molar-refractivity contribution in [1.82, 2.24) is 29.3 Å². The highest BCUT2D eigenvalue weighted by molar-refractivity contribution is 5.73. The highest BCUT2D eigenvalue weighted by Crippen LogP contribution is 2.26. The quantitative estimate of drug-likeness (QED) is 0.232. The summed E-state index contributed by atoms with van der Waals surface area (Å²) < 4.78 is 67.4. The van der Waals surface area contributed by atoms with Gasteiger partial charge in [-0.05, 0) is 44.0 Å². The SMILES string of the molecule is CCn1cc(CN2CCCC(c3nc4ccc(NCc5ccccc5)cn4n3)C2)cn1.O=C(O)C(F)(F)F.O=C(O)C(F)(F)F. The van der Waals surface area contributed by atoms with Crippen molar-refractivity contribution < 1.29 is 46.1 Å². The minimum Gasteiger partial charge on any atom is -0.475 e. The molecule has 1 aliphatic rings. The Balaban J connectivity index is 0.000000331. The van der Waals surface area contributed by atoms with Gasteiger partial charge in [-0.1, -0.05) is 30.3 Å². The van der Waals surface area contributed by atoms with Crippen LogP contribution in [0, 0.1) is 0 Å². The molecule has 1 unspecified atom stereocenters. The number of benzene rings is 1. The monoisotopic (exact) mass is 643 g/mol. The van der Waals surface area contributed by atoms with Gasteiger partial charge >= 0.3 is 24.3 Å². The molecule has 3 N–H and O–H groups in total. The number of fused-ring (bicyclic) bond motifs is 1. The van der Waals surface area contributed by atoms with E-state index in [0.717, 1.165) is 56.3 Å². The molecule has 5 rings (SSSR count). The van der Waals surface area contributed by atoms with Crippen LogP contribution in [0.2, 0.25) is 0 Å². The number of piperidine rings is 1. The van der Waals surface area contributed by atoms with Crippen molar-refractivity contribution >= 4 is 23.3 Å². The van der Waals surface area contributed by atoms with E-state index in [1.54, 1.807) is 0 Å². The maximum atomic E-state index is 10.6. The Kier molecular flexibility index (Phi) is 11.9. The van der Waals surface area contributed by atoms with Crippen LogP contribution < -0.4 is 5.32 Å². The van der Waals surface area contributed by atoms with Crippen molar-refractivity contribution in [2.45, 2.75) is 57.7 Å². The van der Waals surface area contributed by atoms with Gasteiger partial charge in [0.1, 0.15) is 0 Å². The van der Waals surface area contributed by atoms with Gasteiger partial charge in [-0.3, -0.25) is 9.58 Å². The number of carboxylic acid groups (broad SMARTS) is 2. The molecule has 1 atom stereocenters. The fraction of sp³-hybridized carbons (Fsp3) is 0.393. The van der Waals surface area contributed by atoms with E-state index in [1.807, 2.05) is 33.7 Å². The minimum atomic E-state index is -5.08. The Hall–Kier alpha value is -4.67. The second-order valence-corrected chi connectivity index (χ2v) is 9.91. The Morgan fingerprint density at radius 1 is 0.956 bits per heavy atom. The molecule has 4 aromatic rings. The zero-order chi connectivity index (χ0) is 33.2. The van der Waals surface area contributed by atoms with Crippen LogP contribution in [0.25, 0.3) is 5.65 Å². The van der Waals surface area contributed by atoms with Gasteiger partial charge in [0.15, 0.2) is 11.5 Å². The zero-order valence-electron chi connectivity index (χ0n) is 24.0. The van der Waals surface area contributed by atoms with Crippen molar-refractivity contribution in [3.05, 3.63) is 78.0 Å². The van der Waals surface area contributed by atoms with Crippen LogP contribution in [0.1, 0.15) is 42.6 Å². The van der Waals surface area contributed by atoms with Gasteiger partial charge in [0, 0.05) is 43.9 Å². The molecule has 17 heteroatoms. The van der Waals surface area contributed by atoms with Crippen molar-refractivity contribution in [2.75, 3.05) is 18.4 Å². The summed E-state index contributed by atoms with van der Waals surface area (Å²) in [5.41, 5.74) is 4.49. The normalized spacial score (nSPS) is 15.4. The number of likely N-dealkylation sites (tertiary alicyclic amines) is 1. The molecular weight excluding hydrogens is 612 g/mol. The van der Waals surface area contributed by atoms with Crippen LogP contribution in [0.15, 0.2) is 61.1 Å². The van der Waals surface area contributed by atoms with E-state index in [2.05, 4.69) is 58.8 Å². The molecule has 244 valence electrons. The number of anilines is 1. The number of hydrogen-bond donors (Lipinski definition) is 3. The van der Waals surface area contributed by atoms with Crippen LogP contribution in [0.3, 0.4) is 0 Å². The molecule has 0 saturated carbocycles. The number of aryl methyl sites for hydroxylation is 1. The number of carboxylic acids is 2. The topological polar surface area (TPSA) is 138 Å². The third kappa shape index (κ3) is 11.1. The van der Waals surface area contributed by atoms with Crippen LogP contribution >= 0.6 is 0 Å². The Labute approximate surface area is 253 Å². The summed E-state index contributed by atoms with van der Waals surface area (Å²) >= 11 is 0. The summed E-state index contributed by atoms with van der Waals surface area (Å²) in [4.78, 5) is 25.1. The number of halogens is 6. The van der Waals surface area contributed by atoms with Crippen LogP contribution in [0.5, 0.6) is 0 Å². The van der Waals surface area contributed by atoms with Gasteiger partial charge in [0.2, 0.25) is 0 Å². The molecule has 4 heterocycles. The number of aliphatic carboxylic acids is 2. The molecule has 0 bridgehead atoms. The van der Waals surface area contributed by atoms with Crippen molar-refractivity contribution in [3.8, 4) is 0 Å². The average molecular weight is 644 g/mol. The van der Waals surface area contributed by atoms with Crippen molar-refractivity contribution in [3.63, 3.8) is 0 Å². The number of carbonyl (C=O) groups is 2. The summed E-state index contributed by atoms with van der Waals surface area (Å²) in [6.45, 7) is 6.88. The third-order valence-corrected chi connectivity index (χ3v) is 6.46. The molecule has 45 heavy (non-hydrogen) atoms. The molecule has 0 amide bonds. The highest BCUT2D eigenvalue weighted by atomic mass is 19.4. The Morgan fingerprint density at radius 3 is 2.18 bits per heavy atom. The van der Waals surface area contributed by atoms with Gasteiger partial charge in [-0.2, -0.15) is 36.5 Å². The first-order chi connectivity index (χ1) is 21.2. The largest absolute Gasteiger partial charge is 0.490 e. The lowest BCUT2D eigenvalue weighted by Crippen LogP contribution is -2.34. The third-order valence-electron chi connectivity index (χ3n) is 6.46. The lowest BCUT2D eigenvalue weighted by molar-refractivity contribution is -0.193. The van der Waals surface area contributed by atoms with E-state index < -0.39 is 24.3 Å². The maximum absolute atomic E-state index is 10.6. The molecule has 1 aliphatic heterocycles. The van der Waals surface area contributed by atoms with Crippen LogP contribution in [0.4, 0.5) is 32.0 Å². The molecule has 0 aliphatic carbocycles. The van der Waals surface area contributed by atoms with E-state index >= 15 is 0 Å². The van der Waals surface area contributed by atoms with Gasteiger partial charge in [-0.15, -0.1) is 0 Å². The van der Waals surface area contributed by atoms with E-state index in [4.69, 9.17) is 29.9 Å². The number of hydrogen-bond acceptors (Lipinski definition) is 7. The number of nitrogens with zero attached hydrogens (tertiary/aromatic N) is 6. The zero-order valence-corrected chi connectivity index (χ0v) is 24.0. The Bertz CT molecular complexity index is 1520. The average Bonchev–Trinajstić information content (AvgIpc) is 3.63. The smallest absolute Gasteiger partial charge is 0.475 e. The number of aromatic nitrogens is 5. The number of nitrogens with one attached hydrogen (secondary N) is 1. The lowest BCUT2D eigenvalue weighted by Gasteiger charge is -2.30. The molecule has 0 spiro atoms. The number of pyridine rings is 1. The van der Waals surface area contributed by atoms with Crippen molar-refractivity contribution in [2.24, 2.45) is 0 Å². The van der Waals surface area contributed by atoms with Gasteiger partial charge in [0.25, 0.3) is 0 Å². The van der Waals surface area contributed by atoms with E-state index in [9.17, 15) is 26.3 Å².